The van der Waals surface area contributed by atoms with Gasteiger partial charge in [0.2, 0.25) is 0 Å². The Morgan fingerprint density at radius 1 is 1.42 bits per heavy atom. The molecule has 0 bridgehead atoms. The SMILES string of the molecule is CC/C=C/C=C/OS(=O)(=O)[O-].[Na+]. The first-order valence-corrected chi connectivity index (χ1v) is 4.35. The third-order valence-electron chi connectivity index (χ3n) is 0.735. The zero-order valence-corrected chi connectivity index (χ0v) is 9.87. The Hall–Kier alpha value is 0.190. The molecule has 0 aromatic rings. The van der Waals surface area contributed by atoms with Crippen LogP contribution in [-0.2, 0) is 14.6 Å². The van der Waals surface area contributed by atoms with E-state index in [-0.39, 0.29) is 29.6 Å². The summed E-state index contributed by atoms with van der Waals surface area (Å²) in [5.41, 5.74) is 0. The zero-order valence-electron chi connectivity index (χ0n) is 7.06. The van der Waals surface area contributed by atoms with E-state index in [9.17, 15) is 13.0 Å². The van der Waals surface area contributed by atoms with E-state index in [1.807, 2.05) is 6.92 Å². The summed E-state index contributed by atoms with van der Waals surface area (Å²) in [7, 11) is -4.58. The Morgan fingerprint density at radius 3 is 2.42 bits per heavy atom. The summed E-state index contributed by atoms with van der Waals surface area (Å²) >= 11 is 0. The van der Waals surface area contributed by atoms with Gasteiger partial charge in [-0.25, -0.2) is 8.42 Å². The first kappa shape index (κ1) is 14.7. The van der Waals surface area contributed by atoms with Gasteiger partial charge in [-0.2, -0.15) is 0 Å². The van der Waals surface area contributed by atoms with E-state index in [0.717, 1.165) is 12.7 Å². The Labute approximate surface area is 94.5 Å². The summed E-state index contributed by atoms with van der Waals surface area (Å²) in [6.07, 6.45) is 6.38. The van der Waals surface area contributed by atoms with Gasteiger partial charge in [0.15, 0.2) is 0 Å². The van der Waals surface area contributed by atoms with Crippen molar-refractivity contribution in [1.82, 2.24) is 0 Å². The van der Waals surface area contributed by atoms with Crippen molar-refractivity contribution in [1.29, 1.82) is 0 Å². The van der Waals surface area contributed by atoms with E-state index in [1.165, 1.54) is 6.08 Å². The maximum absolute atomic E-state index is 9.81. The monoisotopic (exact) mass is 200 g/mol. The molecule has 0 saturated heterocycles. The quantitative estimate of drug-likeness (QED) is 0.172. The molecule has 0 spiro atoms. The first-order valence-electron chi connectivity index (χ1n) is 3.02. The topological polar surface area (TPSA) is 66.4 Å². The normalized spacial score (nSPS) is 11.8. The van der Waals surface area contributed by atoms with E-state index in [1.54, 1.807) is 12.2 Å². The van der Waals surface area contributed by atoms with Crippen LogP contribution in [0.4, 0.5) is 0 Å². The van der Waals surface area contributed by atoms with Gasteiger partial charge in [-0.3, -0.25) is 0 Å². The fourth-order valence-electron chi connectivity index (χ4n) is 0.360. The molecule has 0 aromatic heterocycles. The van der Waals surface area contributed by atoms with E-state index in [4.69, 9.17) is 0 Å². The molecule has 0 unspecified atom stereocenters. The predicted molar refractivity (Wildman–Crippen MR) is 39.4 cm³/mol. The number of hydrogen-bond donors (Lipinski definition) is 0. The third kappa shape index (κ3) is 12.8. The molecule has 0 aromatic carbocycles. The van der Waals surface area contributed by atoms with Gasteiger partial charge >= 0.3 is 29.6 Å². The van der Waals surface area contributed by atoms with Crippen LogP contribution >= 0.6 is 0 Å². The molecular weight excluding hydrogens is 191 g/mol. The Kier molecular flexibility index (Phi) is 9.58. The molecule has 0 rings (SSSR count). The number of rotatable bonds is 4. The fourth-order valence-corrected chi connectivity index (χ4v) is 0.560. The van der Waals surface area contributed by atoms with Gasteiger partial charge in [-0.05, 0) is 12.5 Å². The van der Waals surface area contributed by atoms with Crippen LogP contribution in [0.2, 0.25) is 0 Å². The van der Waals surface area contributed by atoms with Crippen molar-refractivity contribution in [2.75, 3.05) is 0 Å². The van der Waals surface area contributed by atoms with Gasteiger partial charge < -0.3 is 8.74 Å². The van der Waals surface area contributed by atoms with Gasteiger partial charge in [0.05, 0.1) is 0 Å². The summed E-state index contributed by atoms with van der Waals surface area (Å²) in [4.78, 5) is 0. The summed E-state index contributed by atoms with van der Waals surface area (Å²) in [6, 6.07) is 0. The average molecular weight is 200 g/mol. The van der Waals surface area contributed by atoms with Crippen molar-refractivity contribution in [2.24, 2.45) is 0 Å². The molecular formula is C6H9NaO4S. The molecule has 0 aliphatic carbocycles. The molecule has 0 heterocycles. The van der Waals surface area contributed by atoms with Gasteiger partial charge in [0.25, 0.3) is 10.4 Å². The molecule has 0 N–H and O–H groups in total. The van der Waals surface area contributed by atoms with Crippen LogP contribution in [-0.4, -0.2) is 13.0 Å². The Bertz CT molecular complexity index is 242. The molecule has 12 heavy (non-hydrogen) atoms. The summed E-state index contributed by atoms with van der Waals surface area (Å²) in [5, 5.41) is 0. The minimum Gasteiger partial charge on any atom is -0.716 e. The fraction of sp³-hybridized carbons (Fsp3) is 0.333. The van der Waals surface area contributed by atoms with Crippen LogP contribution < -0.4 is 29.6 Å². The third-order valence-corrected chi connectivity index (χ3v) is 1.08. The second-order valence-corrected chi connectivity index (χ2v) is 2.68. The van der Waals surface area contributed by atoms with Crippen LogP contribution in [0.25, 0.3) is 0 Å². The van der Waals surface area contributed by atoms with E-state index in [2.05, 4.69) is 4.18 Å². The standard InChI is InChI=1S/C6H10O4S.Na/c1-2-3-4-5-6-10-11(7,8)9;/h3-6H,2H2,1H3,(H,7,8,9);/q;+1/p-1/b4-3+,6-5+;. The van der Waals surface area contributed by atoms with Crippen molar-refractivity contribution < 1.29 is 46.7 Å². The molecule has 0 saturated carbocycles. The Morgan fingerprint density at radius 2 is 2.00 bits per heavy atom. The minimum absolute atomic E-state index is 0. The van der Waals surface area contributed by atoms with Crippen molar-refractivity contribution in [2.45, 2.75) is 13.3 Å². The van der Waals surface area contributed by atoms with Crippen molar-refractivity contribution in [3.05, 3.63) is 24.5 Å². The van der Waals surface area contributed by atoms with Gasteiger partial charge in [0.1, 0.15) is 6.26 Å². The average Bonchev–Trinajstić information content (AvgIpc) is 1.85. The molecule has 0 atom stereocenters. The van der Waals surface area contributed by atoms with Crippen LogP contribution in [0.15, 0.2) is 24.5 Å². The molecule has 0 aliphatic heterocycles. The first-order chi connectivity index (χ1) is 5.06. The summed E-state index contributed by atoms with van der Waals surface area (Å²) < 4.78 is 33.2. The van der Waals surface area contributed by atoms with Gasteiger partial charge in [-0.15, -0.1) is 0 Å². The molecule has 6 heteroatoms. The zero-order chi connectivity index (χ0) is 8.74. The smallest absolute Gasteiger partial charge is 0.716 e. The maximum Gasteiger partial charge on any atom is 1.00 e. The largest absolute Gasteiger partial charge is 1.00 e. The van der Waals surface area contributed by atoms with E-state index < -0.39 is 10.4 Å². The maximum atomic E-state index is 9.81. The number of allylic oxidation sites excluding steroid dienone is 3. The second kappa shape index (κ2) is 7.82. The van der Waals surface area contributed by atoms with Crippen LogP contribution in [0.5, 0.6) is 0 Å². The molecule has 0 amide bonds. The van der Waals surface area contributed by atoms with Crippen molar-refractivity contribution in [3.63, 3.8) is 0 Å². The van der Waals surface area contributed by atoms with Crippen LogP contribution in [0.3, 0.4) is 0 Å². The second-order valence-electron chi connectivity index (χ2n) is 1.67. The van der Waals surface area contributed by atoms with E-state index in [0.29, 0.717) is 0 Å². The molecule has 0 fully saturated rings. The van der Waals surface area contributed by atoms with E-state index >= 15 is 0 Å². The molecule has 0 aliphatic rings. The van der Waals surface area contributed by atoms with Crippen molar-refractivity contribution in [3.8, 4) is 0 Å². The van der Waals surface area contributed by atoms with Gasteiger partial charge in [-0.1, -0.05) is 19.1 Å². The molecule has 4 nitrogen and oxygen atoms in total. The summed E-state index contributed by atoms with van der Waals surface area (Å²) in [5.74, 6) is 0. The molecule has 64 valence electrons. The Balaban J connectivity index is 0. The van der Waals surface area contributed by atoms with Gasteiger partial charge in [0, 0.05) is 0 Å². The van der Waals surface area contributed by atoms with Crippen molar-refractivity contribution >= 4 is 10.4 Å². The minimum atomic E-state index is -4.58. The predicted octanol–water partition coefficient (Wildman–Crippen LogP) is -2.05. The summed E-state index contributed by atoms with van der Waals surface area (Å²) in [6.45, 7) is 1.93. The number of hydrogen-bond acceptors (Lipinski definition) is 4. The molecule has 0 radical (unpaired) electrons. The van der Waals surface area contributed by atoms with Crippen LogP contribution in [0, 0.1) is 0 Å². The van der Waals surface area contributed by atoms with Crippen LogP contribution in [0.1, 0.15) is 13.3 Å².